The molecule has 6 heteroatoms. The summed E-state index contributed by atoms with van der Waals surface area (Å²) >= 11 is 0. The van der Waals surface area contributed by atoms with E-state index in [1.807, 2.05) is 4.90 Å². The molecular weight excluding hydrogens is 232 g/mol. The Balaban J connectivity index is 2.13. The quantitative estimate of drug-likeness (QED) is 0.607. The Hall–Kier alpha value is -1.16. The molecule has 0 saturated carbocycles. The summed E-state index contributed by atoms with van der Waals surface area (Å²) in [5.74, 6) is 0.144. The van der Waals surface area contributed by atoms with Gasteiger partial charge in [0, 0.05) is 52.8 Å². The van der Waals surface area contributed by atoms with Crippen LogP contribution >= 0.6 is 0 Å². The van der Waals surface area contributed by atoms with Crippen molar-refractivity contribution < 1.29 is 9.53 Å². The number of methoxy groups -OCH3 is 1. The normalized spacial score (nSPS) is 16.6. The third-order valence-corrected chi connectivity index (χ3v) is 3.02. The van der Waals surface area contributed by atoms with Crippen molar-refractivity contribution in [3.05, 3.63) is 0 Å². The molecule has 1 rings (SSSR count). The highest BCUT2D eigenvalue weighted by Crippen LogP contribution is 2.02. The van der Waals surface area contributed by atoms with E-state index in [1.165, 1.54) is 0 Å². The molecule has 1 saturated heterocycles. The number of nitrogens with zero attached hydrogens (tertiary/aromatic N) is 3. The first-order chi connectivity index (χ1) is 8.77. The van der Waals surface area contributed by atoms with Gasteiger partial charge in [-0.2, -0.15) is 5.26 Å². The van der Waals surface area contributed by atoms with Crippen LogP contribution in [0, 0.1) is 11.3 Å². The maximum atomic E-state index is 11.8. The lowest BCUT2D eigenvalue weighted by atomic mass is 10.3. The van der Waals surface area contributed by atoms with Crippen LogP contribution in [-0.2, 0) is 9.53 Å². The van der Waals surface area contributed by atoms with E-state index in [1.54, 1.807) is 7.11 Å². The summed E-state index contributed by atoms with van der Waals surface area (Å²) in [6, 6.07) is 2.14. The minimum Gasteiger partial charge on any atom is -0.383 e. The average Bonchev–Trinajstić information content (AvgIpc) is 2.41. The maximum Gasteiger partial charge on any atom is 0.236 e. The van der Waals surface area contributed by atoms with E-state index >= 15 is 0 Å². The Bertz CT molecular complexity index is 282. The van der Waals surface area contributed by atoms with Crippen molar-refractivity contribution in [2.45, 2.75) is 6.42 Å². The molecule has 0 aliphatic carbocycles. The van der Waals surface area contributed by atoms with Crippen molar-refractivity contribution in [3.8, 4) is 6.07 Å². The monoisotopic (exact) mass is 254 g/mol. The fourth-order valence-corrected chi connectivity index (χ4v) is 1.91. The fourth-order valence-electron chi connectivity index (χ4n) is 1.91. The summed E-state index contributed by atoms with van der Waals surface area (Å²) in [5, 5.41) is 11.6. The number of nitrogens with one attached hydrogen (secondary N) is 1. The van der Waals surface area contributed by atoms with Gasteiger partial charge < -0.3 is 15.0 Å². The molecule has 1 aliphatic rings. The molecule has 18 heavy (non-hydrogen) atoms. The second kappa shape index (κ2) is 8.86. The Labute approximate surface area is 108 Å². The second-order valence-electron chi connectivity index (χ2n) is 4.30. The number of hydrogen-bond acceptors (Lipinski definition) is 5. The van der Waals surface area contributed by atoms with Crippen LogP contribution in [0.5, 0.6) is 0 Å². The van der Waals surface area contributed by atoms with Crippen LogP contribution in [0.1, 0.15) is 6.42 Å². The molecule has 6 nitrogen and oxygen atoms in total. The average molecular weight is 254 g/mol. The molecular formula is C12H22N4O2. The van der Waals surface area contributed by atoms with Gasteiger partial charge in [-0.05, 0) is 0 Å². The van der Waals surface area contributed by atoms with E-state index in [2.05, 4.69) is 16.3 Å². The van der Waals surface area contributed by atoms with Crippen molar-refractivity contribution in [1.82, 2.24) is 15.1 Å². The SMILES string of the molecule is COCCNCC(=O)N1CCN(CCC#N)CC1. The summed E-state index contributed by atoms with van der Waals surface area (Å²) in [6.07, 6.45) is 0.562. The largest absolute Gasteiger partial charge is 0.383 e. The van der Waals surface area contributed by atoms with E-state index in [0.29, 0.717) is 26.1 Å². The zero-order chi connectivity index (χ0) is 13.2. The summed E-state index contributed by atoms with van der Waals surface area (Å²) in [5.41, 5.74) is 0. The van der Waals surface area contributed by atoms with Crippen molar-refractivity contribution in [3.63, 3.8) is 0 Å². The number of piperazine rings is 1. The summed E-state index contributed by atoms with van der Waals surface area (Å²) in [6.45, 7) is 5.76. The second-order valence-corrected chi connectivity index (χ2v) is 4.30. The molecule has 102 valence electrons. The van der Waals surface area contributed by atoms with Crippen LogP contribution in [0.4, 0.5) is 0 Å². The maximum absolute atomic E-state index is 11.8. The van der Waals surface area contributed by atoms with Gasteiger partial charge in [-0.1, -0.05) is 0 Å². The summed E-state index contributed by atoms with van der Waals surface area (Å²) in [7, 11) is 1.64. The lowest BCUT2D eigenvalue weighted by Gasteiger charge is -2.34. The van der Waals surface area contributed by atoms with Gasteiger partial charge in [0.1, 0.15) is 0 Å². The highest BCUT2D eigenvalue weighted by molar-refractivity contribution is 5.78. The van der Waals surface area contributed by atoms with Gasteiger partial charge in [0.05, 0.1) is 19.2 Å². The van der Waals surface area contributed by atoms with Crippen molar-refractivity contribution >= 4 is 5.91 Å². The highest BCUT2D eigenvalue weighted by Gasteiger charge is 2.19. The first-order valence-corrected chi connectivity index (χ1v) is 6.34. The number of amides is 1. The fraction of sp³-hybridized carbons (Fsp3) is 0.833. The zero-order valence-corrected chi connectivity index (χ0v) is 11.0. The molecule has 0 atom stereocenters. The summed E-state index contributed by atoms with van der Waals surface area (Å²) in [4.78, 5) is 15.9. The molecule has 1 fully saturated rings. The number of rotatable bonds is 7. The predicted octanol–water partition coefficient (Wildman–Crippen LogP) is -0.720. The zero-order valence-electron chi connectivity index (χ0n) is 11.0. The molecule has 0 aromatic rings. The molecule has 0 aromatic carbocycles. The van der Waals surface area contributed by atoms with E-state index in [9.17, 15) is 4.79 Å². The summed E-state index contributed by atoms with van der Waals surface area (Å²) < 4.78 is 4.90. The van der Waals surface area contributed by atoms with E-state index < -0.39 is 0 Å². The van der Waals surface area contributed by atoms with Crippen molar-refractivity contribution in [2.24, 2.45) is 0 Å². The predicted molar refractivity (Wildman–Crippen MR) is 68.0 cm³/mol. The molecule has 0 radical (unpaired) electrons. The smallest absolute Gasteiger partial charge is 0.236 e. The minimum absolute atomic E-state index is 0.144. The molecule has 0 spiro atoms. The first-order valence-electron chi connectivity index (χ1n) is 6.34. The topological polar surface area (TPSA) is 68.6 Å². The van der Waals surface area contributed by atoms with E-state index in [0.717, 1.165) is 32.7 Å². The molecule has 0 unspecified atom stereocenters. The van der Waals surface area contributed by atoms with Crippen molar-refractivity contribution in [1.29, 1.82) is 5.26 Å². The molecule has 1 heterocycles. The number of carbonyl (C=O) groups excluding carboxylic acids is 1. The van der Waals surface area contributed by atoms with Crippen LogP contribution in [-0.4, -0.2) is 75.2 Å². The molecule has 1 amide bonds. The standard InChI is InChI=1S/C12H22N4O2/c1-18-10-4-14-11-12(17)16-8-6-15(7-9-16)5-2-3-13/h14H,2,4-11H2,1H3. The number of ether oxygens (including phenoxy) is 1. The molecule has 0 aromatic heterocycles. The Morgan fingerprint density at radius 3 is 2.72 bits per heavy atom. The van der Waals surface area contributed by atoms with E-state index in [4.69, 9.17) is 10.00 Å². The minimum atomic E-state index is 0.144. The Morgan fingerprint density at radius 1 is 1.39 bits per heavy atom. The number of carbonyl (C=O) groups is 1. The van der Waals surface area contributed by atoms with Gasteiger partial charge in [-0.15, -0.1) is 0 Å². The van der Waals surface area contributed by atoms with Gasteiger partial charge in [0.2, 0.25) is 5.91 Å². The van der Waals surface area contributed by atoms with E-state index in [-0.39, 0.29) is 5.91 Å². The Morgan fingerprint density at radius 2 is 2.11 bits per heavy atom. The van der Waals surface area contributed by atoms with Gasteiger partial charge in [-0.25, -0.2) is 0 Å². The van der Waals surface area contributed by atoms with Crippen molar-refractivity contribution in [2.75, 3.05) is 59.5 Å². The van der Waals surface area contributed by atoms with Gasteiger partial charge in [-0.3, -0.25) is 9.69 Å². The first kappa shape index (κ1) is 14.9. The third kappa shape index (κ3) is 5.45. The van der Waals surface area contributed by atoms with Crippen LogP contribution in [0.2, 0.25) is 0 Å². The molecule has 0 bridgehead atoms. The Kier molecular flexibility index (Phi) is 7.34. The van der Waals surface area contributed by atoms with Crippen LogP contribution in [0.25, 0.3) is 0 Å². The van der Waals surface area contributed by atoms with Gasteiger partial charge in [0.25, 0.3) is 0 Å². The van der Waals surface area contributed by atoms with Gasteiger partial charge >= 0.3 is 0 Å². The van der Waals surface area contributed by atoms with Gasteiger partial charge in [0.15, 0.2) is 0 Å². The molecule has 1 N–H and O–H groups in total. The third-order valence-electron chi connectivity index (χ3n) is 3.02. The number of nitriles is 1. The lowest BCUT2D eigenvalue weighted by Crippen LogP contribution is -2.51. The van der Waals surface area contributed by atoms with Crippen LogP contribution < -0.4 is 5.32 Å². The molecule has 1 aliphatic heterocycles. The number of hydrogen-bond donors (Lipinski definition) is 1. The van der Waals surface area contributed by atoms with Crippen LogP contribution in [0.3, 0.4) is 0 Å². The van der Waals surface area contributed by atoms with Crippen LogP contribution in [0.15, 0.2) is 0 Å². The lowest BCUT2D eigenvalue weighted by molar-refractivity contribution is -0.132. The highest BCUT2D eigenvalue weighted by atomic mass is 16.5.